The van der Waals surface area contributed by atoms with Crippen molar-refractivity contribution >= 4 is 12.0 Å². The first-order chi connectivity index (χ1) is 19.3. The van der Waals surface area contributed by atoms with Gasteiger partial charge in [-0.3, -0.25) is 4.79 Å². The lowest BCUT2D eigenvalue weighted by Gasteiger charge is -2.44. The van der Waals surface area contributed by atoms with E-state index >= 15 is 4.39 Å². The number of aryl methyl sites for hydroxylation is 1. The van der Waals surface area contributed by atoms with Crippen LogP contribution >= 0.6 is 0 Å². The van der Waals surface area contributed by atoms with Gasteiger partial charge in [-0.1, -0.05) is 43.3 Å². The summed E-state index contributed by atoms with van der Waals surface area (Å²) in [5.74, 6) is -0.790. The third kappa shape index (κ3) is 7.80. The number of ether oxygens (including phenoxy) is 2. The van der Waals surface area contributed by atoms with Crippen molar-refractivity contribution in [2.24, 2.45) is 5.92 Å². The fourth-order valence-electron chi connectivity index (χ4n) is 5.65. The number of aliphatic hydroxyl groups is 1. The standard InChI is InChI=1S/C31H44FN3O5/c1-5-22-10-6-11-23(18-22)29-26(13-7-14-27(29)32)31(38,15-9-17-40-30(37)34-3)24-12-8-16-35(21-24)28(36)19-25(39-4)20-33-2/h6-7,10-11,13-14,18,24-25,33,38H,5,8-9,12,15-17,19-21H2,1-4H3,(H,34,37)/t24-,25?,31+/m1/s1. The van der Waals surface area contributed by atoms with Crippen LogP contribution in [0.1, 0.15) is 50.2 Å². The van der Waals surface area contributed by atoms with Crippen LogP contribution in [0, 0.1) is 11.7 Å². The van der Waals surface area contributed by atoms with E-state index in [-0.39, 0.29) is 37.4 Å². The van der Waals surface area contributed by atoms with Crippen LogP contribution in [0.15, 0.2) is 42.5 Å². The Morgan fingerprint density at radius 2 is 2.00 bits per heavy atom. The van der Waals surface area contributed by atoms with E-state index in [1.807, 2.05) is 38.2 Å². The van der Waals surface area contributed by atoms with Gasteiger partial charge in [0.1, 0.15) is 5.82 Å². The number of piperidine rings is 1. The average Bonchev–Trinajstić information content (AvgIpc) is 2.98. The maximum absolute atomic E-state index is 15.6. The van der Waals surface area contributed by atoms with E-state index in [0.717, 1.165) is 12.0 Å². The van der Waals surface area contributed by atoms with Crippen LogP contribution < -0.4 is 10.6 Å². The molecule has 220 valence electrons. The highest BCUT2D eigenvalue weighted by molar-refractivity contribution is 5.77. The van der Waals surface area contributed by atoms with Gasteiger partial charge in [0, 0.05) is 45.3 Å². The van der Waals surface area contributed by atoms with Crippen molar-refractivity contribution in [2.45, 2.75) is 57.2 Å². The van der Waals surface area contributed by atoms with Crippen molar-refractivity contribution in [1.82, 2.24) is 15.5 Å². The van der Waals surface area contributed by atoms with Gasteiger partial charge in [-0.15, -0.1) is 0 Å². The minimum absolute atomic E-state index is 0.0350. The number of benzene rings is 2. The Morgan fingerprint density at radius 3 is 2.70 bits per heavy atom. The van der Waals surface area contributed by atoms with Crippen LogP contribution in [0.5, 0.6) is 0 Å². The van der Waals surface area contributed by atoms with Gasteiger partial charge >= 0.3 is 6.09 Å². The number of carbonyl (C=O) groups is 2. The maximum atomic E-state index is 15.6. The summed E-state index contributed by atoms with van der Waals surface area (Å²) in [5.41, 5.74) is 1.16. The molecule has 0 spiro atoms. The number of likely N-dealkylation sites (N-methyl/N-ethyl adjacent to an activating group) is 1. The second kappa shape index (κ2) is 15.1. The lowest BCUT2D eigenvalue weighted by Crippen LogP contribution is -2.49. The SMILES string of the molecule is CCc1cccc(-c2c(F)cccc2[C@](O)(CCCOC(=O)NC)[C@@H]2CCCN(C(=O)CC(CNC)OC)C2)c1. The molecule has 0 aliphatic carbocycles. The van der Waals surface area contributed by atoms with Crippen LogP contribution in [0.3, 0.4) is 0 Å². The first kappa shape index (κ1) is 31.5. The Balaban J connectivity index is 1.98. The molecule has 3 atom stereocenters. The predicted molar refractivity (Wildman–Crippen MR) is 153 cm³/mol. The number of likely N-dealkylation sites (tertiary alicyclic amines) is 1. The van der Waals surface area contributed by atoms with Crippen molar-refractivity contribution in [3.05, 3.63) is 59.4 Å². The van der Waals surface area contributed by atoms with Crippen molar-refractivity contribution in [3.8, 4) is 11.1 Å². The fraction of sp³-hybridized carbons (Fsp3) is 0.548. The molecule has 2 aromatic rings. The van der Waals surface area contributed by atoms with Gasteiger partial charge in [-0.2, -0.15) is 0 Å². The lowest BCUT2D eigenvalue weighted by molar-refractivity contribution is -0.139. The van der Waals surface area contributed by atoms with Gasteiger partial charge in [0.25, 0.3) is 0 Å². The molecule has 1 saturated heterocycles. The summed E-state index contributed by atoms with van der Waals surface area (Å²) in [4.78, 5) is 26.7. The first-order valence-corrected chi connectivity index (χ1v) is 14.2. The largest absolute Gasteiger partial charge is 0.450 e. The number of alkyl carbamates (subject to hydrolysis) is 1. The van der Waals surface area contributed by atoms with E-state index in [4.69, 9.17) is 9.47 Å². The smallest absolute Gasteiger partial charge is 0.406 e. The van der Waals surface area contributed by atoms with Gasteiger partial charge < -0.3 is 30.1 Å². The van der Waals surface area contributed by atoms with Crippen molar-refractivity contribution < 1.29 is 28.6 Å². The Morgan fingerprint density at radius 1 is 1.23 bits per heavy atom. The molecule has 1 aliphatic rings. The third-order valence-corrected chi connectivity index (χ3v) is 7.86. The van der Waals surface area contributed by atoms with Crippen LogP contribution in [-0.4, -0.2) is 75.6 Å². The number of amides is 2. The third-order valence-electron chi connectivity index (χ3n) is 7.86. The number of nitrogens with zero attached hydrogens (tertiary/aromatic N) is 1. The number of halogens is 1. The second-order valence-corrected chi connectivity index (χ2v) is 10.4. The van der Waals surface area contributed by atoms with E-state index in [2.05, 4.69) is 10.6 Å². The Labute approximate surface area is 237 Å². The molecule has 3 N–H and O–H groups in total. The number of hydrogen-bond acceptors (Lipinski definition) is 6. The molecule has 2 amide bonds. The summed E-state index contributed by atoms with van der Waals surface area (Å²) >= 11 is 0. The van der Waals surface area contributed by atoms with Gasteiger partial charge in [0.05, 0.1) is 24.7 Å². The molecular weight excluding hydrogens is 513 g/mol. The average molecular weight is 558 g/mol. The summed E-state index contributed by atoms with van der Waals surface area (Å²) in [5, 5.41) is 18.0. The van der Waals surface area contributed by atoms with Crippen LogP contribution in [0.25, 0.3) is 11.1 Å². The van der Waals surface area contributed by atoms with Crippen LogP contribution in [-0.2, 0) is 26.3 Å². The zero-order chi connectivity index (χ0) is 29.1. The van der Waals surface area contributed by atoms with Crippen molar-refractivity contribution in [1.29, 1.82) is 0 Å². The lowest BCUT2D eigenvalue weighted by atomic mass is 9.72. The number of carbonyl (C=O) groups excluding carboxylic acids is 2. The fourth-order valence-corrected chi connectivity index (χ4v) is 5.65. The summed E-state index contributed by atoms with van der Waals surface area (Å²) in [6.45, 7) is 3.63. The molecule has 1 fully saturated rings. The molecule has 3 rings (SSSR count). The highest BCUT2D eigenvalue weighted by Crippen LogP contribution is 2.44. The molecule has 1 aliphatic heterocycles. The van der Waals surface area contributed by atoms with Crippen LogP contribution in [0.2, 0.25) is 0 Å². The Bertz CT molecular complexity index is 1130. The molecule has 8 nitrogen and oxygen atoms in total. The van der Waals surface area contributed by atoms with E-state index < -0.39 is 17.5 Å². The molecule has 0 saturated carbocycles. The van der Waals surface area contributed by atoms with E-state index in [1.165, 1.54) is 13.1 Å². The molecule has 0 aromatic heterocycles. The Hall–Kier alpha value is -3.01. The van der Waals surface area contributed by atoms with E-state index in [9.17, 15) is 14.7 Å². The quantitative estimate of drug-likeness (QED) is 0.319. The minimum Gasteiger partial charge on any atom is -0.450 e. The summed E-state index contributed by atoms with van der Waals surface area (Å²) < 4.78 is 26.3. The summed E-state index contributed by atoms with van der Waals surface area (Å²) in [7, 11) is 4.89. The van der Waals surface area contributed by atoms with Gasteiger partial charge in [-0.25, -0.2) is 9.18 Å². The number of methoxy groups -OCH3 is 1. The molecule has 2 aromatic carbocycles. The number of rotatable bonds is 13. The highest BCUT2D eigenvalue weighted by Gasteiger charge is 2.43. The van der Waals surface area contributed by atoms with Crippen LogP contribution in [0.4, 0.5) is 9.18 Å². The summed E-state index contributed by atoms with van der Waals surface area (Å²) in [6, 6.07) is 12.5. The van der Waals surface area contributed by atoms with Gasteiger partial charge in [-0.05, 0) is 61.9 Å². The zero-order valence-corrected chi connectivity index (χ0v) is 24.2. The maximum Gasteiger partial charge on any atom is 0.406 e. The topological polar surface area (TPSA) is 100 Å². The molecule has 9 heteroatoms. The van der Waals surface area contributed by atoms with Crippen molar-refractivity contribution in [3.63, 3.8) is 0 Å². The Kier molecular flexibility index (Phi) is 11.9. The first-order valence-electron chi connectivity index (χ1n) is 14.2. The van der Waals surface area contributed by atoms with E-state index in [1.54, 1.807) is 24.1 Å². The molecule has 40 heavy (non-hydrogen) atoms. The number of nitrogens with one attached hydrogen (secondary N) is 2. The normalized spacial score (nSPS) is 17.6. The molecule has 0 radical (unpaired) electrons. The van der Waals surface area contributed by atoms with Crippen molar-refractivity contribution in [2.75, 3.05) is 47.4 Å². The molecule has 0 bridgehead atoms. The van der Waals surface area contributed by atoms with Gasteiger partial charge in [0.15, 0.2) is 0 Å². The molecule has 1 heterocycles. The van der Waals surface area contributed by atoms with E-state index in [0.29, 0.717) is 55.6 Å². The zero-order valence-electron chi connectivity index (χ0n) is 24.2. The summed E-state index contributed by atoms with van der Waals surface area (Å²) in [6.07, 6.45) is 2.23. The second-order valence-electron chi connectivity index (χ2n) is 10.4. The number of hydrogen-bond donors (Lipinski definition) is 3. The minimum atomic E-state index is -1.46. The molecular formula is C31H44FN3O5. The highest BCUT2D eigenvalue weighted by atomic mass is 19.1. The monoisotopic (exact) mass is 557 g/mol. The van der Waals surface area contributed by atoms with Gasteiger partial charge in [0.2, 0.25) is 5.91 Å². The molecule has 1 unspecified atom stereocenters. The predicted octanol–water partition coefficient (Wildman–Crippen LogP) is 4.24.